The van der Waals surface area contributed by atoms with Gasteiger partial charge in [-0.3, -0.25) is 14.9 Å². The molecule has 1 aromatic rings. The Kier molecular flexibility index (Phi) is 3.66. The van der Waals surface area contributed by atoms with Crippen molar-refractivity contribution >= 4 is 17.3 Å². The molecule has 0 aliphatic carbocycles. The first-order valence-electron chi connectivity index (χ1n) is 4.26. The van der Waals surface area contributed by atoms with E-state index in [-0.39, 0.29) is 0 Å². The lowest BCUT2D eigenvalue weighted by Gasteiger charge is -2.05. The number of amides is 1. The van der Waals surface area contributed by atoms with Gasteiger partial charge in [-0.05, 0) is 0 Å². The summed E-state index contributed by atoms with van der Waals surface area (Å²) in [6, 6.07) is 2.36. The average Bonchev–Trinajstić information content (AvgIpc) is 2.21. The van der Waals surface area contributed by atoms with Crippen LogP contribution in [0.1, 0.15) is 6.42 Å². The van der Waals surface area contributed by atoms with Crippen molar-refractivity contribution in [2.24, 2.45) is 0 Å². The molecule has 0 radical (unpaired) electrons. The van der Waals surface area contributed by atoms with Gasteiger partial charge in [0.25, 0.3) is 5.69 Å². The molecule has 0 aromatic heterocycles. The fraction of sp³-hybridized carbons (Fsp3) is 0.111. The molecule has 0 unspecified atom stereocenters. The number of carbonyl (C=O) groups is 1. The third-order valence-electron chi connectivity index (χ3n) is 1.73. The minimum absolute atomic E-state index is 0.398. The normalized spacial score (nSPS) is 9.47. The SMILES string of the molecule is N#CCC(=O)Nc1c(F)cc(F)cc1[N+](=O)[O-]. The highest BCUT2D eigenvalue weighted by atomic mass is 19.1. The number of nitro benzene ring substituents is 1. The van der Waals surface area contributed by atoms with Crippen LogP contribution in [-0.4, -0.2) is 10.8 Å². The topological polar surface area (TPSA) is 96.0 Å². The van der Waals surface area contributed by atoms with Gasteiger partial charge >= 0.3 is 0 Å². The highest BCUT2D eigenvalue weighted by molar-refractivity contribution is 5.94. The maximum atomic E-state index is 13.2. The van der Waals surface area contributed by atoms with Crippen LogP contribution in [-0.2, 0) is 4.79 Å². The van der Waals surface area contributed by atoms with Crippen LogP contribution in [0.2, 0.25) is 0 Å². The van der Waals surface area contributed by atoms with Crippen LogP contribution in [0.3, 0.4) is 0 Å². The number of nitrogens with zero attached hydrogens (tertiary/aromatic N) is 2. The molecular formula is C9H5F2N3O3. The highest BCUT2D eigenvalue weighted by Gasteiger charge is 2.22. The first-order chi connectivity index (χ1) is 7.95. The molecule has 1 N–H and O–H groups in total. The summed E-state index contributed by atoms with van der Waals surface area (Å²) in [5, 5.41) is 20.6. The summed E-state index contributed by atoms with van der Waals surface area (Å²) >= 11 is 0. The van der Waals surface area contributed by atoms with Gasteiger partial charge in [0, 0.05) is 6.07 Å². The maximum Gasteiger partial charge on any atom is 0.298 e. The third-order valence-corrected chi connectivity index (χ3v) is 1.73. The lowest BCUT2D eigenvalue weighted by atomic mass is 10.2. The van der Waals surface area contributed by atoms with Gasteiger partial charge in [-0.2, -0.15) is 5.26 Å². The Hall–Kier alpha value is -2.56. The van der Waals surface area contributed by atoms with E-state index in [1.165, 1.54) is 6.07 Å². The summed E-state index contributed by atoms with van der Waals surface area (Å²) in [6.45, 7) is 0. The van der Waals surface area contributed by atoms with Gasteiger partial charge in [-0.15, -0.1) is 0 Å². The summed E-state index contributed by atoms with van der Waals surface area (Å²) in [4.78, 5) is 20.5. The molecule has 0 heterocycles. The molecule has 0 saturated carbocycles. The number of nitro groups is 1. The summed E-state index contributed by atoms with van der Waals surface area (Å²) in [5.74, 6) is -3.32. The lowest BCUT2D eigenvalue weighted by Crippen LogP contribution is -2.13. The van der Waals surface area contributed by atoms with Crippen LogP contribution in [0.25, 0.3) is 0 Å². The van der Waals surface area contributed by atoms with E-state index >= 15 is 0 Å². The fourth-order valence-electron chi connectivity index (χ4n) is 1.08. The largest absolute Gasteiger partial charge is 0.317 e. The molecule has 1 amide bonds. The molecule has 0 aliphatic heterocycles. The number of carbonyl (C=O) groups excluding carboxylic acids is 1. The van der Waals surface area contributed by atoms with Gasteiger partial charge in [0.15, 0.2) is 11.5 Å². The zero-order valence-electron chi connectivity index (χ0n) is 8.24. The van der Waals surface area contributed by atoms with E-state index in [4.69, 9.17) is 5.26 Å². The summed E-state index contributed by atoms with van der Waals surface area (Å²) in [6.07, 6.45) is -0.589. The second kappa shape index (κ2) is 4.98. The van der Waals surface area contributed by atoms with Gasteiger partial charge < -0.3 is 5.32 Å². The number of halogens is 2. The van der Waals surface area contributed by atoms with Gasteiger partial charge in [0.05, 0.1) is 17.1 Å². The average molecular weight is 241 g/mol. The van der Waals surface area contributed by atoms with Crippen LogP contribution < -0.4 is 5.32 Å². The van der Waals surface area contributed by atoms with Gasteiger partial charge in [-0.25, -0.2) is 8.78 Å². The van der Waals surface area contributed by atoms with Crippen LogP contribution in [0.5, 0.6) is 0 Å². The van der Waals surface area contributed by atoms with E-state index in [0.717, 1.165) is 0 Å². The highest BCUT2D eigenvalue weighted by Crippen LogP contribution is 2.28. The third kappa shape index (κ3) is 2.94. The van der Waals surface area contributed by atoms with Crippen molar-refractivity contribution in [1.29, 1.82) is 5.26 Å². The molecule has 8 heteroatoms. The zero-order valence-corrected chi connectivity index (χ0v) is 8.24. The molecule has 1 aromatic carbocycles. The van der Waals surface area contributed by atoms with Crippen molar-refractivity contribution in [1.82, 2.24) is 0 Å². The van der Waals surface area contributed by atoms with Crippen molar-refractivity contribution in [3.8, 4) is 6.07 Å². The molecular weight excluding hydrogens is 236 g/mol. The molecule has 0 aliphatic rings. The quantitative estimate of drug-likeness (QED) is 0.643. The van der Waals surface area contributed by atoms with Gasteiger partial charge in [0.2, 0.25) is 5.91 Å². The van der Waals surface area contributed by atoms with E-state index in [1.54, 1.807) is 0 Å². The van der Waals surface area contributed by atoms with E-state index < -0.39 is 40.3 Å². The van der Waals surface area contributed by atoms with Crippen molar-refractivity contribution in [3.63, 3.8) is 0 Å². The van der Waals surface area contributed by atoms with Crippen molar-refractivity contribution in [2.75, 3.05) is 5.32 Å². The Bertz CT molecular complexity index is 525. The Morgan fingerprint density at radius 2 is 2.18 bits per heavy atom. The molecule has 1 rings (SSSR count). The van der Waals surface area contributed by atoms with Crippen LogP contribution >= 0.6 is 0 Å². The van der Waals surface area contributed by atoms with Crippen molar-refractivity contribution < 1.29 is 18.5 Å². The molecule has 0 spiro atoms. The summed E-state index contributed by atoms with van der Waals surface area (Å²) < 4.78 is 26.0. The molecule has 0 saturated heterocycles. The summed E-state index contributed by atoms with van der Waals surface area (Å²) in [7, 11) is 0. The number of rotatable bonds is 3. The fourth-order valence-corrected chi connectivity index (χ4v) is 1.08. The second-order valence-corrected chi connectivity index (χ2v) is 2.92. The minimum atomic E-state index is -1.28. The molecule has 17 heavy (non-hydrogen) atoms. The van der Waals surface area contributed by atoms with E-state index in [9.17, 15) is 23.7 Å². The smallest absolute Gasteiger partial charge is 0.298 e. The van der Waals surface area contributed by atoms with Crippen LogP contribution in [0.15, 0.2) is 12.1 Å². The molecule has 6 nitrogen and oxygen atoms in total. The van der Waals surface area contributed by atoms with Gasteiger partial charge in [-0.1, -0.05) is 0 Å². The monoisotopic (exact) mass is 241 g/mol. The standard InChI is InChI=1S/C9H5F2N3O3/c10-5-3-6(11)9(7(4-5)14(16)17)13-8(15)1-2-12/h3-4H,1H2,(H,13,15). The van der Waals surface area contributed by atoms with Crippen molar-refractivity contribution in [2.45, 2.75) is 6.42 Å². The predicted molar refractivity (Wildman–Crippen MR) is 51.9 cm³/mol. The Morgan fingerprint density at radius 1 is 1.53 bits per heavy atom. The number of anilines is 1. The second-order valence-electron chi connectivity index (χ2n) is 2.92. The molecule has 88 valence electrons. The van der Waals surface area contributed by atoms with Crippen LogP contribution in [0.4, 0.5) is 20.2 Å². The lowest BCUT2D eigenvalue weighted by molar-refractivity contribution is -0.384. The molecule has 0 atom stereocenters. The Balaban J connectivity index is 3.18. The first-order valence-corrected chi connectivity index (χ1v) is 4.26. The van der Waals surface area contributed by atoms with Crippen molar-refractivity contribution in [3.05, 3.63) is 33.9 Å². The number of nitrogens with one attached hydrogen (secondary N) is 1. The van der Waals surface area contributed by atoms with E-state index in [2.05, 4.69) is 0 Å². The van der Waals surface area contributed by atoms with Crippen LogP contribution in [0, 0.1) is 33.1 Å². The Morgan fingerprint density at radius 3 is 2.71 bits per heavy atom. The number of benzene rings is 1. The number of hydrogen-bond donors (Lipinski definition) is 1. The molecule has 0 fully saturated rings. The number of hydrogen-bond acceptors (Lipinski definition) is 4. The zero-order chi connectivity index (χ0) is 13.0. The van der Waals surface area contributed by atoms with E-state index in [0.29, 0.717) is 12.1 Å². The maximum absolute atomic E-state index is 13.2. The first kappa shape index (κ1) is 12.5. The minimum Gasteiger partial charge on any atom is -0.317 e. The predicted octanol–water partition coefficient (Wildman–Crippen LogP) is 1.73. The summed E-state index contributed by atoms with van der Waals surface area (Å²) in [5.41, 5.74) is -1.66. The van der Waals surface area contributed by atoms with E-state index in [1.807, 2.05) is 5.32 Å². The Labute approximate surface area is 93.6 Å². The molecule has 0 bridgehead atoms. The number of nitriles is 1. The van der Waals surface area contributed by atoms with Gasteiger partial charge in [0.1, 0.15) is 12.2 Å².